The van der Waals surface area contributed by atoms with Gasteiger partial charge in [-0.05, 0) is 62.3 Å². The van der Waals surface area contributed by atoms with Crippen molar-refractivity contribution >= 4 is 5.91 Å². The zero-order valence-corrected chi connectivity index (χ0v) is 18.0. The largest absolute Gasteiger partial charge is 0.434 e. The molecule has 2 saturated heterocycles. The van der Waals surface area contributed by atoms with Crippen molar-refractivity contribution in [3.63, 3.8) is 0 Å². The molecule has 2 aliphatic rings. The smallest absolute Gasteiger partial charge is 0.332 e. The minimum atomic E-state index is -4.50. The molecule has 0 spiro atoms. The Hall–Kier alpha value is -3.36. The van der Waals surface area contributed by atoms with Crippen molar-refractivity contribution in [1.82, 2.24) is 25.1 Å². The highest BCUT2D eigenvalue weighted by Gasteiger charge is 2.49. The van der Waals surface area contributed by atoms with Gasteiger partial charge in [-0.2, -0.15) is 23.4 Å². The molecule has 0 aliphatic carbocycles. The molecule has 0 saturated carbocycles. The fourth-order valence-corrected chi connectivity index (χ4v) is 5.28. The Morgan fingerprint density at radius 1 is 1.12 bits per heavy atom. The predicted octanol–water partition coefficient (Wildman–Crippen LogP) is 4.50. The van der Waals surface area contributed by atoms with Crippen molar-refractivity contribution in [3.05, 3.63) is 71.4 Å². The van der Waals surface area contributed by atoms with Gasteiger partial charge >= 0.3 is 6.18 Å². The van der Waals surface area contributed by atoms with E-state index in [1.807, 2.05) is 36.1 Å². The minimum absolute atomic E-state index is 0.0295. The third-order valence-electron chi connectivity index (χ3n) is 6.70. The standard InChI is InChI=1S/C24H22F3N5O/c1-14-4-2-5-18(22(14)19-6-3-9-30-31-19)23(33)32-17-7-8-20(32)15(11-17)10-16-12-29-21(13-28-16)24(25,26)27/h2-6,9,12-13,15,17,20H,7-8,10-11H2,1H3. The number of alkyl halides is 3. The van der Waals surface area contributed by atoms with Crippen LogP contribution in [0.3, 0.4) is 0 Å². The highest BCUT2D eigenvalue weighted by molar-refractivity contribution is 6.01. The van der Waals surface area contributed by atoms with Crippen LogP contribution in [0.4, 0.5) is 13.2 Å². The van der Waals surface area contributed by atoms with Crippen molar-refractivity contribution in [3.8, 4) is 11.3 Å². The van der Waals surface area contributed by atoms with Crippen LogP contribution in [0.1, 0.15) is 46.6 Å². The Balaban J connectivity index is 1.39. The minimum Gasteiger partial charge on any atom is -0.332 e. The Bertz CT molecular complexity index is 1170. The summed E-state index contributed by atoms with van der Waals surface area (Å²) in [6.45, 7) is 1.95. The second kappa shape index (κ2) is 8.20. The van der Waals surface area contributed by atoms with E-state index < -0.39 is 11.9 Å². The Labute approximate surface area is 188 Å². The molecule has 33 heavy (non-hydrogen) atoms. The van der Waals surface area contributed by atoms with Crippen molar-refractivity contribution in [2.24, 2.45) is 5.92 Å². The number of benzene rings is 1. The Kier molecular flexibility index (Phi) is 5.34. The van der Waals surface area contributed by atoms with Gasteiger partial charge in [0.15, 0.2) is 5.69 Å². The summed E-state index contributed by atoms with van der Waals surface area (Å²) in [5.41, 5.74) is 2.51. The van der Waals surface area contributed by atoms with Gasteiger partial charge in [0.25, 0.3) is 5.91 Å². The number of hydrogen-bond acceptors (Lipinski definition) is 5. The van der Waals surface area contributed by atoms with Gasteiger partial charge in [0.05, 0.1) is 17.6 Å². The number of aromatic nitrogens is 4. The van der Waals surface area contributed by atoms with Gasteiger partial charge in [-0.25, -0.2) is 4.98 Å². The van der Waals surface area contributed by atoms with Crippen LogP contribution in [-0.2, 0) is 12.6 Å². The van der Waals surface area contributed by atoms with E-state index in [4.69, 9.17) is 0 Å². The number of carbonyl (C=O) groups excluding carboxylic acids is 1. The maximum absolute atomic E-state index is 13.7. The summed E-state index contributed by atoms with van der Waals surface area (Å²) in [6.07, 6.45) is 2.19. The van der Waals surface area contributed by atoms with Crippen molar-refractivity contribution in [1.29, 1.82) is 0 Å². The predicted molar refractivity (Wildman–Crippen MR) is 114 cm³/mol. The molecule has 0 radical (unpaired) electrons. The molecule has 2 bridgehead atoms. The molecule has 3 atom stereocenters. The highest BCUT2D eigenvalue weighted by atomic mass is 19.4. The van der Waals surface area contributed by atoms with Crippen LogP contribution in [0.15, 0.2) is 48.9 Å². The van der Waals surface area contributed by atoms with E-state index >= 15 is 0 Å². The molecule has 2 fully saturated rings. The molecule has 170 valence electrons. The molecular formula is C24H22F3N5O. The van der Waals surface area contributed by atoms with Crippen molar-refractivity contribution < 1.29 is 18.0 Å². The lowest BCUT2D eigenvalue weighted by Gasteiger charge is -2.26. The van der Waals surface area contributed by atoms with E-state index in [2.05, 4.69) is 20.2 Å². The van der Waals surface area contributed by atoms with Gasteiger partial charge < -0.3 is 4.90 Å². The van der Waals surface area contributed by atoms with Gasteiger partial charge in [-0.3, -0.25) is 9.78 Å². The molecule has 6 nitrogen and oxygen atoms in total. The topological polar surface area (TPSA) is 71.9 Å². The van der Waals surface area contributed by atoms with E-state index in [0.717, 1.165) is 36.6 Å². The van der Waals surface area contributed by atoms with Gasteiger partial charge in [0, 0.05) is 35.6 Å². The van der Waals surface area contributed by atoms with Crippen molar-refractivity contribution in [2.45, 2.75) is 50.9 Å². The van der Waals surface area contributed by atoms with Crippen LogP contribution in [0, 0.1) is 12.8 Å². The molecule has 1 aromatic carbocycles. The molecule has 5 rings (SSSR count). The molecule has 9 heteroatoms. The lowest BCUT2D eigenvalue weighted by molar-refractivity contribution is -0.141. The zero-order valence-electron chi connectivity index (χ0n) is 18.0. The molecule has 1 amide bonds. The third-order valence-corrected chi connectivity index (χ3v) is 6.70. The summed E-state index contributed by atoms with van der Waals surface area (Å²) in [5, 5.41) is 8.18. The van der Waals surface area contributed by atoms with Crippen LogP contribution in [0.5, 0.6) is 0 Å². The molecule has 3 unspecified atom stereocenters. The van der Waals surface area contributed by atoms with Crippen LogP contribution in [0.25, 0.3) is 11.3 Å². The van der Waals surface area contributed by atoms with Crippen LogP contribution >= 0.6 is 0 Å². The average Bonchev–Trinajstić information content (AvgIpc) is 3.36. The normalized spacial score (nSPS) is 22.1. The number of rotatable bonds is 4. The maximum atomic E-state index is 13.7. The summed E-state index contributed by atoms with van der Waals surface area (Å²) in [4.78, 5) is 23.2. The summed E-state index contributed by atoms with van der Waals surface area (Å²) < 4.78 is 38.3. The molecule has 0 N–H and O–H groups in total. The fraction of sp³-hybridized carbons (Fsp3) is 0.375. The molecule has 4 heterocycles. The summed E-state index contributed by atoms with van der Waals surface area (Å²) >= 11 is 0. The number of carbonyl (C=O) groups is 1. The maximum Gasteiger partial charge on any atom is 0.434 e. The number of hydrogen-bond donors (Lipinski definition) is 0. The summed E-state index contributed by atoms with van der Waals surface area (Å²) in [7, 11) is 0. The lowest BCUT2D eigenvalue weighted by Crippen LogP contribution is -2.37. The molecule has 3 aromatic rings. The number of aryl methyl sites for hydroxylation is 1. The Morgan fingerprint density at radius 3 is 2.67 bits per heavy atom. The fourth-order valence-electron chi connectivity index (χ4n) is 5.28. The third kappa shape index (κ3) is 3.96. The number of nitrogens with zero attached hydrogens (tertiary/aromatic N) is 5. The van der Waals surface area contributed by atoms with Gasteiger partial charge in [0.2, 0.25) is 0 Å². The van der Waals surface area contributed by atoms with Gasteiger partial charge in [-0.15, -0.1) is 0 Å². The highest BCUT2D eigenvalue weighted by Crippen LogP contribution is 2.44. The number of fused-ring (bicyclic) bond motifs is 2. The van der Waals surface area contributed by atoms with E-state index in [0.29, 0.717) is 23.4 Å². The first-order valence-electron chi connectivity index (χ1n) is 10.9. The monoisotopic (exact) mass is 453 g/mol. The second-order valence-electron chi connectivity index (χ2n) is 8.71. The van der Waals surface area contributed by atoms with Gasteiger partial charge in [0.1, 0.15) is 0 Å². The van der Waals surface area contributed by atoms with Crippen LogP contribution in [-0.4, -0.2) is 43.1 Å². The zero-order chi connectivity index (χ0) is 23.2. The van der Waals surface area contributed by atoms with Gasteiger partial charge in [-0.1, -0.05) is 12.1 Å². The Morgan fingerprint density at radius 2 is 1.97 bits per heavy atom. The first kappa shape index (κ1) is 21.5. The first-order valence-corrected chi connectivity index (χ1v) is 10.9. The molecular weight excluding hydrogens is 431 g/mol. The van der Waals surface area contributed by atoms with E-state index in [-0.39, 0.29) is 23.9 Å². The summed E-state index contributed by atoms with van der Waals surface area (Å²) in [6, 6.07) is 9.43. The van der Waals surface area contributed by atoms with E-state index in [1.54, 1.807) is 12.3 Å². The van der Waals surface area contributed by atoms with Crippen LogP contribution < -0.4 is 0 Å². The summed E-state index contributed by atoms with van der Waals surface area (Å²) in [5.74, 6) is 0.108. The number of amides is 1. The molecule has 2 aliphatic heterocycles. The molecule has 2 aromatic heterocycles. The average molecular weight is 453 g/mol. The van der Waals surface area contributed by atoms with Crippen molar-refractivity contribution in [2.75, 3.05) is 0 Å². The lowest BCUT2D eigenvalue weighted by atomic mass is 9.86. The number of halogens is 3. The second-order valence-corrected chi connectivity index (χ2v) is 8.71. The van der Waals surface area contributed by atoms with Crippen LogP contribution in [0.2, 0.25) is 0 Å². The first-order chi connectivity index (χ1) is 15.8. The van der Waals surface area contributed by atoms with E-state index in [9.17, 15) is 18.0 Å². The van der Waals surface area contributed by atoms with E-state index in [1.165, 1.54) is 6.20 Å². The quantitative estimate of drug-likeness (QED) is 0.582. The SMILES string of the molecule is Cc1cccc(C(=O)N2C3CCC2C(Cc2cnc(C(F)(F)F)cn2)C3)c1-c1cccnn1.